The van der Waals surface area contributed by atoms with Gasteiger partial charge in [0.25, 0.3) is 0 Å². The van der Waals surface area contributed by atoms with Crippen LogP contribution in [-0.2, 0) is 16.6 Å². The fourth-order valence-electron chi connectivity index (χ4n) is 1.86. The summed E-state index contributed by atoms with van der Waals surface area (Å²) in [5, 5.41) is 6.45. The van der Waals surface area contributed by atoms with Crippen molar-refractivity contribution in [2.45, 2.75) is 11.4 Å². The second kappa shape index (κ2) is 6.15. The molecule has 0 radical (unpaired) electrons. The standard InChI is InChI=1S/C13H17N3O4S/c1-16(9-10-7-14-15-8-10)21(17,18)11-4-5-12(19-2)13(6-11)20-3/h4-8H,9H2,1-3H3,(H,14,15). The lowest BCUT2D eigenvalue weighted by molar-refractivity contribution is 0.353. The van der Waals surface area contributed by atoms with Gasteiger partial charge in [-0.05, 0) is 12.1 Å². The smallest absolute Gasteiger partial charge is 0.243 e. The van der Waals surface area contributed by atoms with Crippen LogP contribution in [0.15, 0.2) is 35.5 Å². The van der Waals surface area contributed by atoms with E-state index in [-0.39, 0.29) is 11.4 Å². The number of nitrogens with one attached hydrogen (secondary N) is 1. The van der Waals surface area contributed by atoms with Crippen molar-refractivity contribution in [2.24, 2.45) is 0 Å². The van der Waals surface area contributed by atoms with Crippen LogP contribution in [0.4, 0.5) is 0 Å². The third-order valence-electron chi connectivity index (χ3n) is 3.02. The van der Waals surface area contributed by atoms with E-state index in [0.717, 1.165) is 5.56 Å². The van der Waals surface area contributed by atoms with Gasteiger partial charge in [-0.1, -0.05) is 0 Å². The quantitative estimate of drug-likeness (QED) is 0.868. The van der Waals surface area contributed by atoms with Crippen molar-refractivity contribution in [3.63, 3.8) is 0 Å². The Morgan fingerprint density at radius 1 is 1.24 bits per heavy atom. The van der Waals surface area contributed by atoms with Gasteiger partial charge in [0.2, 0.25) is 10.0 Å². The molecule has 0 aliphatic heterocycles. The SMILES string of the molecule is COc1ccc(S(=O)(=O)N(C)Cc2cn[nH]c2)cc1OC. The molecule has 0 amide bonds. The summed E-state index contributed by atoms with van der Waals surface area (Å²) in [6.45, 7) is 0.229. The van der Waals surface area contributed by atoms with Crippen LogP contribution in [0.3, 0.4) is 0 Å². The number of nitrogens with zero attached hydrogens (tertiary/aromatic N) is 2. The van der Waals surface area contributed by atoms with Gasteiger partial charge in [-0.3, -0.25) is 5.10 Å². The monoisotopic (exact) mass is 311 g/mol. The van der Waals surface area contributed by atoms with Crippen LogP contribution in [-0.4, -0.2) is 44.2 Å². The van der Waals surface area contributed by atoms with Crippen LogP contribution >= 0.6 is 0 Å². The van der Waals surface area contributed by atoms with E-state index in [1.54, 1.807) is 18.5 Å². The average molecular weight is 311 g/mol. The summed E-state index contributed by atoms with van der Waals surface area (Å²) in [6, 6.07) is 4.50. The number of ether oxygens (including phenoxy) is 2. The van der Waals surface area contributed by atoms with Crippen molar-refractivity contribution in [3.05, 3.63) is 36.2 Å². The van der Waals surface area contributed by atoms with Crippen molar-refractivity contribution in [1.29, 1.82) is 0 Å². The highest BCUT2D eigenvalue weighted by molar-refractivity contribution is 7.89. The summed E-state index contributed by atoms with van der Waals surface area (Å²) < 4.78 is 36.5. The summed E-state index contributed by atoms with van der Waals surface area (Å²) in [4.78, 5) is 0.145. The maximum Gasteiger partial charge on any atom is 0.243 e. The highest BCUT2D eigenvalue weighted by Crippen LogP contribution is 2.30. The normalized spacial score (nSPS) is 11.6. The summed E-state index contributed by atoms with van der Waals surface area (Å²) in [6.07, 6.45) is 3.24. The van der Waals surface area contributed by atoms with Crippen molar-refractivity contribution in [3.8, 4) is 11.5 Å². The zero-order valence-electron chi connectivity index (χ0n) is 12.0. The predicted molar refractivity (Wildman–Crippen MR) is 76.8 cm³/mol. The largest absolute Gasteiger partial charge is 0.493 e. The topological polar surface area (TPSA) is 84.5 Å². The molecule has 0 saturated carbocycles. The predicted octanol–water partition coefficient (Wildman–Crippen LogP) is 1.25. The van der Waals surface area contributed by atoms with Crippen LogP contribution in [0.1, 0.15) is 5.56 Å². The Balaban J connectivity index is 2.30. The van der Waals surface area contributed by atoms with E-state index in [1.807, 2.05) is 0 Å². The minimum absolute atomic E-state index is 0.145. The molecule has 1 aromatic carbocycles. The summed E-state index contributed by atoms with van der Waals surface area (Å²) >= 11 is 0. The first-order valence-corrected chi connectivity index (χ1v) is 7.59. The maximum absolute atomic E-state index is 12.5. The van der Waals surface area contributed by atoms with Crippen LogP contribution in [0, 0.1) is 0 Å². The van der Waals surface area contributed by atoms with Gasteiger partial charge in [0.15, 0.2) is 11.5 Å². The first kappa shape index (κ1) is 15.3. The number of hydrogen-bond acceptors (Lipinski definition) is 5. The molecule has 0 fully saturated rings. The molecule has 0 atom stereocenters. The van der Waals surface area contributed by atoms with Gasteiger partial charge < -0.3 is 9.47 Å². The molecule has 8 heteroatoms. The first-order chi connectivity index (χ1) is 9.98. The van der Waals surface area contributed by atoms with Gasteiger partial charge in [0.05, 0.1) is 25.3 Å². The fourth-order valence-corrected chi connectivity index (χ4v) is 3.04. The van der Waals surface area contributed by atoms with E-state index >= 15 is 0 Å². The molecular formula is C13H17N3O4S. The molecule has 0 unspecified atom stereocenters. The van der Waals surface area contributed by atoms with Gasteiger partial charge >= 0.3 is 0 Å². The molecule has 0 aliphatic carbocycles. The van der Waals surface area contributed by atoms with Crippen LogP contribution < -0.4 is 9.47 Å². The minimum atomic E-state index is -3.62. The molecule has 1 N–H and O–H groups in total. The van der Waals surface area contributed by atoms with Crippen molar-refractivity contribution in [2.75, 3.05) is 21.3 Å². The fraction of sp³-hybridized carbons (Fsp3) is 0.308. The Bertz CT molecular complexity index is 698. The molecule has 21 heavy (non-hydrogen) atoms. The molecule has 0 aliphatic rings. The summed E-state index contributed by atoms with van der Waals surface area (Å²) in [5.41, 5.74) is 0.779. The first-order valence-electron chi connectivity index (χ1n) is 6.15. The van der Waals surface area contributed by atoms with Crippen molar-refractivity contribution < 1.29 is 17.9 Å². The Kier molecular flexibility index (Phi) is 4.49. The molecule has 114 valence electrons. The number of aromatic amines is 1. The number of methoxy groups -OCH3 is 2. The molecule has 1 heterocycles. The molecule has 0 spiro atoms. The molecule has 1 aromatic heterocycles. The molecule has 7 nitrogen and oxygen atoms in total. The van der Waals surface area contributed by atoms with E-state index in [2.05, 4.69) is 10.2 Å². The zero-order valence-corrected chi connectivity index (χ0v) is 12.8. The number of hydrogen-bond donors (Lipinski definition) is 1. The minimum Gasteiger partial charge on any atom is -0.493 e. The Morgan fingerprint density at radius 3 is 2.52 bits per heavy atom. The summed E-state index contributed by atoms with van der Waals surface area (Å²) in [5.74, 6) is 0.851. The van der Waals surface area contributed by atoms with E-state index in [1.165, 1.54) is 37.7 Å². The lowest BCUT2D eigenvalue weighted by Crippen LogP contribution is -2.26. The number of sulfonamides is 1. The number of benzene rings is 1. The number of aromatic nitrogens is 2. The zero-order chi connectivity index (χ0) is 15.5. The van der Waals surface area contributed by atoms with Gasteiger partial charge in [0.1, 0.15) is 0 Å². The van der Waals surface area contributed by atoms with E-state index in [0.29, 0.717) is 11.5 Å². The van der Waals surface area contributed by atoms with Crippen LogP contribution in [0.5, 0.6) is 11.5 Å². The van der Waals surface area contributed by atoms with E-state index in [9.17, 15) is 8.42 Å². The second-order valence-corrected chi connectivity index (χ2v) is 6.43. The van der Waals surface area contributed by atoms with Crippen molar-refractivity contribution >= 4 is 10.0 Å². The van der Waals surface area contributed by atoms with Gasteiger partial charge in [-0.2, -0.15) is 9.40 Å². The summed E-state index contributed by atoms with van der Waals surface area (Å²) in [7, 11) is 0.855. The number of rotatable bonds is 6. The van der Waals surface area contributed by atoms with Gasteiger partial charge in [0, 0.05) is 31.4 Å². The third kappa shape index (κ3) is 3.17. The third-order valence-corrected chi connectivity index (χ3v) is 4.82. The second-order valence-electron chi connectivity index (χ2n) is 4.38. The van der Waals surface area contributed by atoms with Gasteiger partial charge in [-0.15, -0.1) is 0 Å². The van der Waals surface area contributed by atoms with Crippen molar-refractivity contribution in [1.82, 2.24) is 14.5 Å². The molecule has 0 saturated heterocycles. The molecule has 2 aromatic rings. The van der Waals surface area contributed by atoms with E-state index in [4.69, 9.17) is 9.47 Å². The molecule has 2 rings (SSSR count). The molecular weight excluding hydrogens is 294 g/mol. The van der Waals surface area contributed by atoms with Crippen LogP contribution in [0.25, 0.3) is 0 Å². The lowest BCUT2D eigenvalue weighted by Gasteiger charge is -2.17. The lowest BCUT2D eigenvalue weighted by atomic mass is 10.3. The maximum atomic E-state index is 12.5. The highest BCUT2D eigenvalue weighted by Gasteiger charge is 2.22. The Hall–Kier alpha value is -2.06. The highest BCUT2D eigenvalue weighted by atomic mass is 32.2. The molecule has 0 bridgehead atoms. The average Bonchev–Trinajstić information content (AvgIpc) is 2.99. The van der Waals surface area contributed by atoms with E-state index < -0.39 is 10.0 Å². The Labute approximate surface area is 123 Å². The number of H-pyrrole nitrogens is 1. The van der Waals surface area contributed by atoms with Gasteiger partial charge in [-0.25, -0.2) is 8.42 Å². The Morgan fingerprint density at radius 2 is 1.95 bits per heavy atom. The van der Waals surface area contributed by atoms with Crippen LogP contribution in [0.2, 0.25) is 0 Å².